The molecule has 0 saturated carbocycles. The Balaban J connectivity index is 1.89. The van der Waals surface area contributed by atoms with E-state index in [1.165, 1.54) is 17.4 Å². The number of para-hydroxylation sites is 1. The predicted octanol–water partition coefficient (Wildman–Crippen LogP) is 5.52. The first-order valence-corrected chi connectivity index (χ1v) is 9.67. The zero-order valence-electron chi connectivity index (χ0n) is 14.5. The van der Waals surface area contributed by atoms with Gasteiger partial charge >= 0.3 is 0 Å². The first kappa shape index (κ1) is 18.3. The molecule has 0 aliphatic heterocycles. The molecule has 138 valence electrons. The lowest BCUT2D eigenvalue weighted by atomic mass is 10.2. The Kier molecular flexibility index (Phi) is 5.41. The molecule has 0 bridgehead atoms. The van der Waals surface area contributed by atoms with E-state index < -0.39 is 5.82 Å². The maximum atomic E-state index is 14.1. The molecule has 2 aromatic carbocycles. The Morgan fingerprint density at radius 2 is 1.86 bits per heavy atom. The quantitative estimate of drug-likeness (QED) is 0.410. The van der Waals surface area contributed by atoms with E-state index in [-0.39, 0.29) is 5.69 Å². The summed E-state index contributed by atoms with van der Waals surface area (Å²) in [6, 6.07) is 17.6. The molecule has 0 amide bonds. The highest BCUT2D eigenvalue weighted by Crippen LogP contribution is 2.28. The van der Waals surface area contributed by atoms with Gasteiger partial charge in [0.05, 0.1) is 11.9 Å². The molecule has 0 saturated heterocycles. The number of hydrogen-bond donors (Lipinski definition) is 0. The molecular weight excluding hydrogens is 395 g/mol. The van der Waals surface area contributed by atoms with E-state index in [1.54, 1.807) is 41.5 Å². The number of thiazole rings is 1. The zero-order chi connectivity index (χ0) is 19.3. The van der Waals surface area contributed by atoms with E-state index in [1.807, 2.05) is 41.8 Å². The van der Waals surface area contributed by atoms with E-state index in [4.69, 9.17) is 11.6 Å². The van der Waals surface area contributed by atoms with Gasteiger partial charge in [0.2, 0.25) is 4.80 Å². The van der Waals surface area contributed by atoms with Crippen LogP contribution in [0.5, 0.6) is 0 Å². The van der Waals surface area contributed by atoms with Crippen molar-refractivity contribution in [2.75, 3.05) is 0 Å². The second-order valence-electron chi connectivity index (χ2n) is 5.79. The number of benzene rings is 2. The van der Waals surface area contributed by atoms with Crippen molar-refractivity contribution in [1.82, 2.24) is 9.66 Å². The van der Waals surface area contributed by atoms with E-state index in [0.717, 1.165) is 16.8 Å². The molecule has 28 heavy (non-hydrogen) atoms. The zero-order valence-corrected chi connectivity index (χ0v) is 16.1. The summed E-state index contributed by atoms with van der Waals surface area (Å²) in [6.45, 7) is 0. The summed E-state index contributed by atoms with van der Waals surface area (Å²) in [5, 5.41) is 7.07. The molecule has 0 spiro atoms. The molecule has 0 atom stereocenters. The Bertz CT molecular complexity index is 1200. The van der Waals surface area contributed by atoms with Gasteiger partial charge in [-0.15, -0.1) is 11.3 Å². The number of nitrogens with zero attached hydrogens (tertiary/aromatic N) is 4. The minimum atomic E-state index is -0.391. The van der Waals surface area contributed by atoms with E-state index in [9.17, 15) is 4.39 Å². The van der Waals surface area contributed by atoms with Gasteiger partial charge in [0.25, 0.3) is 0 Å². The molecule has 2 heterocycles. The third-order valence-corrected chi connectivity index (χ3v) is 5.06. The lowest BCUT2D eigenvalue weighted by molar-refractivity contribution is 0.628. The molecule has 0 aliphatic carbocycles. The number of halogens is 2. The summed E-state index contributed by atoms with van der Waals surface area (Å²) in [7, 11) is 0. The Hall–Kier alpha value is -3.09. The monoisotopic (exact) mass is 408 g/mol. The van der Waals surface area contributed by atoms with Crippen LogP contribution in [0.15, 0.2) is 88.5 Å². The van der Waals surface area contributed by atoms with Gasteiger partial charge in [0.15, 0.2) is 0 Å². The topological polar surface area (TPSA) is 42.5 Å². The number of pyridine rings is 1. The Morgan fingerprint density at radius 3 is 2.64 bits per heavy atom. The van der Waals surface area contributed by atoms with Crippen LogP contribution >= 0.6 is 22.9 Å². The van der Waals surface area contributed by atoms with Gasteiger partial charge < -0.3 is 0 Å². The normalized spacial score (nSPS) is 12.0. The fraction of sp³-hybridized carbons (Fsp3) is 0. The van der Waals surface area contributed by atoms with Crippen LogP contribution in [0, 0.1) is 5.82 Å². The fourth-order valence-corrected chi connectivity index (χ4v) is 3.64. The summed E-state index contributed by atoms with van der Waals surface area (Å²) >= 11 is 7.74. The molecule has 0 aliphatic rings. The maximum Gasteiger partial charge on any atom is 0.211 e. The Morgan fingerprint density at radius 1 is 1.04 bits per heavy atom. The minimum Gasteiger partial charge on any atom is -0.264 e. The average molecular weight is 409 g/mol. The van der Waals surface area contributed by atoms with E-state index >= 15 is 0 Å². The van der Waals surface area contributed by atoms with Crippen LogP contribution in [-0.4, -0.2) is 15.9 Å². The van der Waals surface area contributed by atoms with Crippen LogP contribution in [0.3, 0.4) is 0 Å². The summed E-state index contributed by atoms with van der Waals surface area (Å²) in [6.07, 6.45) is 5.09. The van der Waals surface area contributed by atoms with Gasteiger partial charge in [-0.1, -0.05) is 48.0 Å². The van der Waals surface area contributed by atoms with Gasteiger partial charge in [-0.05, 0) is 24.3 Å². The molecule has 0 unspecified atom stereocenters. The largest absolute Gasteiger partial charge is 0.264 e. The first-order chi connectivity index (χ1) is 13.7. The summed E-state index contributed by atoms with van der Waals surface area (Å²) in [4.78, 5) is 9.08. The van der Waals surface area contributed by atoms with Gasteiger partial charge in [0.1, 0.15) is 11.5 Å². The van der Waals surface area contributed by atoms with Crippen molar-refractivity contribution in [1.29, 1.82) is 0 Å². The van der Waals surface area contributed by atoms with Gasteiger partial charge in [-0.2, -0.15) is 5.10 Å². The van der Waals surface area contributed by atoms with Crippen LogP contribution in [0.1, 0.15) is 5.56 Å². The lowest BCUT2D eigenvalue weighted by Crippen LogP contribution is -2.11. The molecule has 0 N–H and O–H groups in total. The van der Waals surface area contributed by atoms with E-state index in [0.29, 0.717) is 9.82 Å². The average Bonchev–Trinajstić information content (AvgIpc) is 3.11. The third kappa shape index (κ3) is 3.93. The predicted molar refractivity (Wildman–Crippen MR) is 112 cm³/mol. The fourth-order valence-electron chi connectivity index (χ4n) is 2.57. The van der Waals surface area contributed by atoms with Crippen LogP contribution in [0.25, 0.3) is 11.3 Å². The molecule has 4 rings (SSSR count). The first-order valence-electron chi connectivity index (χ1n) is 8.41. The standard InChI is InChI=1S/C21H14ClFN4S/c22-17-8-2-1-7-16(17)20-14-28-21(26-19-10-4-3-9-18(19)23)27(20)25-13-15-6-5-11-24-12-15/h1-14H. The molecule has 0 fully saturated rings. The summed E-state index contributed by atoms with van der Waals surface area (Å²) in [5.74, 6) is -0.391. The molecule has 0 radical (unpaired) electrons. The van der Waals surface area contributed by atoms with Crippen molar-refractivity contribution in [3.05, 3.63) is 99.6 Å². The molecule has 4 nitrogen and oxygen atoms in total. The summed E-state index contributed by atoms with van der Waals surface area (Å²) < 4.78 is 15.7. The van der Waals surface area contributed by atoms with E-state index in [2.05, 4.69) is 15.1 Å². The van der Waals surface area contributed by atoms with Crippen LogP contribution in [-0.2, 0) is 0 Å². The van der Waals surface area contributed by atoms with Crippen molar-refractivity contribution >= 4 is 34.8 Å². The van der Waals surface area contributed by atoms with Crippen LogP contribution < -0.4 is 4.80 Å². The second-order valence-corrected chi connectivity index (χ2v) is 7.03. The minimum absolute atomic E-state index is 0.250. The summed E-state index contributed by atoms with van der Waals surface area (Å²) in [5.41, 5.74) is 2.67. The van der Waals surface area contributed by atoms with Crippen molar-refractivity contribution in [3.63, 3.8) is 0 Å². The van der Waals surface area contributed by atoms with Gasteiger partial charge in [0, 0.05) is 33.9 Å². The SMILES string of the molecule is Fc1ccccc1N=c1scc(-c2ccccc2Cl)n1N=Cc1cccnc1. The molecular formula is C21H14ClFN4S. The lowest BCUT2D eigenvalue weighted by Gasteiger charge is -2.05. The second kappa shape index (κ2) is 8.29. The van der Waals surface area contributed by atoms with Gasteiger partial charge in [-0.3, -0.25) is 4.98 Å². The highest BCUT2D eigenvalue weighted by atomic mass is 35.5. The van der Waals surface area contributed by atoms with Crippen LogP contribution in [0.4, 0.5) is 10.1 Å². The highest BCUT2D eigenvalue weighted by Gasteiger charge is 2.11. The van der Waals surface area contributed by atoms with Crippen LogP contribution in [0.2, 0.25) is 5.02 Å². The Labute approximate surface area is 169 Å². The smallest absolute Gasteiger partial charge is 0.211 e. The number of aromatic nitrogens is 2. The number of hydrogen-bond acceptors (Lipinski definition) is 4. The molecule has 4 aromatic rings. The van der Waals surface area contributed by atoms with Crippen molar-refractivity contribution in [2.45, 2.75) is 0 Å². The van der Waals surface area contributed by atoms with Crippen molar-refractivity contribution in [2.24, 2.45) is 10.1 Å². The number of rotatable bonds is 4. The van der Waals surface area contributed by atoms with Crippen molar-refractivity contribution < 1.29 is 4.39 Å². The molecule has 2 aromatic heterocycles. The van der Waals surface area contributed by atoms with Crippen molar-refractivity contribution in [3.8, 4) is 11.3 Å². The highest BCUT2D eigenvalue weighted by molar-refractivity contribution is 7.07. The van der Waals surface area contributed by atoms with Gasteiger partial charge in [-0.25, -0.2) is 14.1 Å². The molecule has 7 heteroatoms. The maximum absolute atomic E-state index is 14.1. The third-order valence-electron chi connectivity index (χ3n) is 3.91.